The molecule has 158 valence electrons. The second-order valence-electron chi connectivity index (χ2n) is 9.37. The first-order valence-electron chi connectivity index (χ1n) is 10.9. The second kappa shape index (κ2) is 7.66. The van der Waals surface area contributed by atoms with Crippen LogP contribution in [0.4, 0.5) is 0 Å². The Balaban J connectivity index is 1.61. The number of carbonyl (C=O) groups excluding carboxylic acids is 2. The highest BCUT2D eigenvalue weighted by atomic mass is 16.5. The monoisotopic (exact) mass is 400 g/mol. The van der Waals surface area contributed by atoms with Crippen LogP contribution in [0.3, 0.4) is 0 Å². The first-order chi connectivity index (χ1) is 13.9. The van der Waals surface area contributed by atoms with Crippen molar-refractivity contribution < 1.29 is 24.2 Å². The summed E-state index contributed by atoms with van der Waals surface area (Å²) in [6.07, 6.45) is 6.71. The van der Waals surface area contributed by atoms with Gasteiger partial charge in [0, 0.05) is 18.3 Å². The van der Waals surface area contributed by atoms with E-state index in [1.165, 1.54) is 18.2 Å². The third-order valence-corrected chi connectivity index (χ3v) is 8.05. The molecular weight excluding hydrogens is 368 g/mol. The fourth-order valence-electron chi connectivity index (χ4n) is 6.69. The molecule has 5 atom stereocenters. The van der Waals surface area contributed by atoms with Crippen LogP contribution in [0, 0.1) is 23.2 Å². The number of hydrogen-bond donors (Lipinski definition) is 1. The summed E-state index contributed by atoms with van der Waals surface area (Å²) in [6.45, 7) is 2.18. The number of esters is 1. The van der Waals surface area contributed by atoms with Crippen LogP contribution < -0.4 is 4.74 Å². The number of hydrogen-bond acceptors (Lipinski definition) is 5. The summed E-state index contributed by atoms with van der Waals surface area (Å²) in [5.74, 6) is 2.61. The molecule has 2 saturated carbocycles. The summed E-state index contributed by atoms with van der Waals surface area (Å²) < 4.78 is 10.2. The number of benzene rings is 1. The number of aromatic hydroxyl groups is 1. The lowest BCUT2D eigenvalue weighted by Gasteiger charge is -2.50. The molecule has 3 unspecified atom stereocenters. The maximum atomic E-state index is 13.0. The van der Waals surface area contributed by atoms with Crippen LogP contribution >= 0.6 is 0 Å². The molecule has 5 heteroatoms. The van der Waals surface area contributed by atoms with Crippen molar-refractivity contribution in [3.05, 3.63) is 23.3 Å². The van der Waals surface area contributed by atoms with Crippen LogP contribution in [0.5, 0.6) is 11.5 Å². The summed E-state index contributed by atoms with van der Waals surface area (Å²) in [6, 6.07) is 3.89. The summed E-state index contributed by atoms with van der Waals surface area (Å²) in [7, 11) is 3.02. The fraction of sp³-hybridized carbons (Fsp3) is 0.667. The topological polar surface area (TPSA) is 72.8 Å². The molecule has 0 amide bonds. The number of phenols is 1. The average molecular weight is 401 g/mol. The molecule has 0 radical (unpaired) electrons. The van der Waals surface area contributed by atoms with Gasteiger partial charge in [-0.2, -0.15) is 0 Å². The number of ether oxygens (including phenoxy) is 2. The Morgan fingerprint density at radius 3 is 2.79 bits per heavy atom. The zero-order valence-corrected chi connectivity index (χ0v) is 17.7. The molecule has 0 spiro atoms. The van der Waals surface area contributed by atoms with Crippen LogP contribution in [-0.4, -0.2) is 31.1 Å². The molecule has 29 heavy (non-hydrogen) atoms. The SMILES string of the molecule is COC(=O)CCC[C@@H]1CC(=O)[C@@]2(C)CCC3c4cc(OC)c(O)cc4CCC3C12. The number of methoxy groups -OCH3 is 2. The van der Waals surface area contributed by atoms with Crippen molar-refractivity contribution in [1.29, 1.82) is 0 Å². The van der Waals surface area contributed by atoms with Crippen molar-refractivity contribution in [2.24, 2.45) is 23.2 Å². The van der Waals surface area contributed by atoms with Gasteiger partial charge in [-0.1, -0.05) is 6.92 Å². The van der Waals surface area contributed by atoms with E-state index in [1.54, 1.807) is 7.11 Å². The second-order valence-corrected chi connectivity index (χ2v) is 9.37. The van der Waals surface area contributed by atoms with E-state index in [9.17, 15) is 14.7 Å². The average Bonchev–Trinajstić information content (AvgIpc) is 2.97. The molecular formula is C24H32O5. The standard InChI is InChI=1S/C24H32O5/c1-24-10-9-16-17(8-7-14-11-19(25)20(28-2)13-18(14)16)23(24)15(12-21(24)26)5-4-6-22(27)29-3/h11,13,15-17,23,25H,4-10,12H2,1-3H3/t15-,16?,17?,23?,24-/m1/s1. The molecule has 3 aliphatic carbocycles. The number of ketones is 1. The predicted octanol–water partition coefficient (Wildman–Crippen LogP) is 4.40. The summed E-state index contributed by atoms with van der Waals surface area (Å²) in [5, 5.41) is 10.2. The van der Waals surface area contributed by atoms with E-state index in [-0.39, 0.29) is 17.1 Å². The Bertz CT molecular complexity index is 816. The molecule has 0 aliphatic heterocycles. The van der Waals surface area contributed by atoms with Crippen LogP contribution in [0.15, 0.2) is 12.1 Å². The molecule has 2 fully saturated rings. The number of Topliss-reactive ketones (excluding diaryl/α,β-unsaturated/α-hetero) is 1. The van der Waals surface area contributed by atoms with Gasteiger partial charge < -0.3 is 14.6 Å². The van der Waals surface area contributed by atoms with E-state index in [4.69, 9.17) is 9.47 Å². The minimum atomic E-state index is -0.227. The van der Waals surface area contributed by atoms with E-state index in [2.05, 4.69) is 6.92 Å². The Labute approximate surface area is 172 Å². The highest BCUT2D eigenvalue weighted by Crippen LogP contribution is 2.62. The van der Waals surface area contributed by atoms with Crippen molar-refractivity contribution >= 4 is 11.8 Å². The highest BCUT2D eigenvalue weighted by molar-refractivity contribution is 5.87. The lowest BCUT2D eigenvalue weighted by molar-refractivity contribution is -0.140. The van der Waals surface area contributed by atoms with Crippen LogP contribution in [0.25, 0.3) is 0 Å². The van der Waals surface area contributed by atoms with Crippen LogP contribution in [0.1, 0.15) is 68.9 Å². The van der Waals surface area contributed by atoms with Gasteiger partial charge in [0.15, 0.2) is 11.5 Å². The molecule has 4 rings (SSSR count). The third-order valence-electron chi connectivity index (χ3n) is 8.05. The molecule has 0 aromatic heterocycles. The normalized spacial score (nSPS) is 32.9. The van der Waals surface area contributed by atoms with Gasteiger partial charge >= 0.3 is 5.97 Å². The highest BCUT2D eigenvalue weighted by Gasteiger charge is 2.58. The van der Waals surface area contributed by atoms with E-state index in [0.29, 0.717) is 48.0 Å². The number of phenolic OH excluding ortho intramolecular Hbond substituents is 1. The lowest BCUT2D eigenvalue weighted by Crippen LogP contribution is -2.44. The first-order valence-corrected chi connectivity index (χ1v) is 10.9. The molecule has 3 aliphatic rings. The molecule has 0 bridgehead atoms. The van der Waals surface area contributed by atoms with Crippen molar-refractivity contribution in [2.75, 3.05) is 14.2 Å². The first kappa shape index (κ1) is 20.2. The smallest absolute Gasteiger partial charge is 0.305 e. The van der Waals surface area contributed by atoms with Gasteiger partial charge in [0.1, 0.15) is 5.78 Å². The van der Waals surface area contributed by atoms with Gasteiger partial charge in [0.05, 0.1) is 14.2 Å². The van der Waals surface area contributed by atoms with E-state index in [0.717, 1.165) is 38.5 Å². The summed E-state index contributed by atoms with van der Waals surface area (Å²) in [5.41, 5.74) is 2.29. The maximum Gasteiger partial charge on any atom is 0.305 e. The van der Waals surface area contributed by atoms with Crippen LogP contribution in [0.2, 0.25) is 0 Å². The van der Waals surface area contributed by atoms with Gasteiger partial charge in [-0.15, -0.1) is 0 Å². The van der Waals surface area contributed by atoms with E-state index in [1.807, 2.05) is 12.1 Å². The van der Waals surface area contributed by atoms with Gasteiger partial charge in [0.25, 0.3) is 0 Å². The predicted molar refractivity (Wildman–Crippen MR) is 109 cm³/mol. The van der Waals surface area contributed by atoms with Gasteiger partial charge in [-0.3, -0.25) is 9.59 Å². The summed E-state index contributed by atoms with van der Waals surface area (Å²) in [4.78, 5) is 24.5. The number of aryl methyl sites for hydroxylation is 1. The molecule has 0 heterocycles. The largest absolute Gasteiger partial charge is 0.504 e. The number of fused-ring (bicyclic) bond motifs is 5. The van der Waals surface area contributed by atoms with Gasteiger partial charge in [-0.05, 0) is 85.5 Å². The van der Waals surface area contributed by atoms with Crippen LogP contribution in [-0.2, 0) is 20.7 Å². The lowest BCUT2D eigenvalue weighted by atomic mass is 9.54. The van der Waals surface area contributed by atoms with Gasteiger partial charge in [-0.25, -0.2) is 0 Å². The quantitative estimate of drug-likeness (QED) is 0.742. The van der Waals surface area contributed by atoms with Crippen molar-refractivity contribution in [3.8, 4) is 11.5 Å². The Kier molecular flexibility index (Phi) is 5.34. The van der Waals surface area contributed by atoms with Crippen molar-refractivity contribution in [1.82, 2.24) is 0 Å². The summed E-state index contributed by atoms with van der Waals surface area (Å²) >= 11 is 0. The minimum Gasteiger partial charge on any atom is -0.504 e. The molecule has 1 aromatic rings. The number of rotatable bonds is 5. The third kappa shape index (κ3) is 3.32. The molecule has 1 N–H and O–H groups in total. The molecule has 1 aromatic carbocycles. The Morgan fingerprint density at radius 1 is 1.28 bits per heavy atom. The molecule has 5 nitrogen and oxygen atoms in total. The van der Waals surface area contributed by atoms with E-state index < -0.39 is 0 Å². The zero-order chi connectivity index (χ0) is 20.8. The molecule has 0 saturated heterocycles. The van der Waals surface area contributed by atoms with Crippen molar-refractivity contribution in [3.63, 3.8) is 0 Å². The maximum absolute atomic E-state index is 13.0. The van der Waals surface area contributed by atoms with Gasteiger partial charge in [0.2, 0.25) is 0 Å². The Hall–Kier alpha value is -2.04. The zero-order valence-electron chi connectivity index (χ0n) is 17.7. The minimum absolute atomic E-state index is 0.169. The fourth-order valence-corrected chi connectivity index (χ4v) is 6.69. The Morgan fingerprint density at radius 2 is 2.07 bits per heavy atom. The van der Waals surface area contributed by atoms with Crippen molar-refractivity contribution in [2.45, 2.75) is 64.2 Å². The number of carbonyl (C=O) groups is 2. The van der Waals surface area contributed by atoms with E-state index >= 15 is 0 Å².